The molecule has 2 aliphatic rings. The van der Waals surface area contributed by atoms with Gasteiger partial charge < -0.3 is 0 Å². The first-order valence-corrected chi connectivity index (χ1v) is 11.9. The first-order chi connectivity index (χ1) is 13.2. The van der Waals surface area contributed by atoms with Crippen LogP contribution in [0.5, 0.6) is 0 Å². The molecule has 4 unspecified atom stereocenters. The zero-order valence-electron chi connectivity index (χ0n) is 17.0. The second-order valence-corrected chi connectivity index (χ2v) is 10.00. The standard InChI is InChI=1S/C26H34S/c1-19-11-3-5-13-21(19)23-15-7-9-17-25(23)27-26-18-10-8-16-24(26)22-14-6-4-12-20(22)2/h7-10,15-22H,3-6,11-14H2,1-2H3. The van der Waals surface area contributed by atoms with Crippen molar-refractivity contribution in [1.82, 2.24) is 0 Å². The fourth-order valence-corrected chi connectivity index (χ4v) is 6.64. The molecule has 1 heteroatoms. The summed E-state index contributed by atoms with van der Waals surface area (Å²) in [7, 11) is 0. The van der Waals surface area contributed by atoms with Gasteiger partial charge in [-0.05, 0) is 59.8 Å². The Labute approximate surface area is 170 Å². The van der Waals surface area contributed by atoms with Crippen LogP contribution in [0.3, 0.4) is 0 Å². The van der Waals surface area contributed by atoms with Crippen LogP contribution < -0.4 is 0 Å². The molecule has 27 heavy (non-hydrogen) atoms. The molecule has 2 aromatic rings. The van der Waals surface area contributed by atoms with Gasteiger partial charge in [-0.3, -0.25) is 0 Å². The summed E-state index contributed by atoms with van der Waals surface area (Å²) in [5.41, 5.74) is 3.20. The maximum atomic E-state index is 2.46. The highest BCUT2D eigenvalue weighted by Crippen LogP contribution is 2.46. The van der Waals surface area contributed by atoms with E-state index in [0.29, 0.717) is 0 Å². The Hall–Kier alpha value is -1.21. The average molecular weight is 379 g/mol. The molecular weight excluding hydrogens is 344 g/mol. The molecule has 2 aromatic carbocycles. The summed E-state index contributed by atoms with van der Waals surface area (Å²) in [6.07, 6.45) is 11.1. The lowest BCUT2D eigenvalue weighted by molar-refractivity contribution is 0.327. The molecule has 0 aromatic heterocycles. The Bertz CT molecular complexity index is 686. The number of hydrogen-bond acceptors (Lipinski definition) is 1. The predicted octanol–water partition coefficient (Wildman–Crippen LogP) is 8.43. The molecule has 0 radical (unpaired) electrons. The van der Waals surface area contributed by atoms with Gasteiger partial charge in [0.15, 0.2) is 0 Å². The second kappa shape index (κ2) is 8.86. The lowest BCUT2D eigenvalue weighted by Gasteiger charge is -2.32. The summed E-state index contributed by atoms with van der Waals surface area (Å²) in [5.74, 6) is 3.11. The number of benzene rings is 2. The Morgan fingerprint density at radius 1 is 0.593 bits per heavy atom. The van der Waals surface area contributed by atoms with Crippen LogP contribution in [-0.4, -0.2) is 0 Å². The van der Waals surface area contributed by atoms with Crippen molar-refractivity contribution < 1.29 is 0 Å². The first kappa shape index (κ1) is 19.1. The molecule has 2 fully saturated rings. The lowest BCUT2D eigenvalue weighted by atomic mass is 9.76. The lowest BCUT2D eigenvalue weighted by Crippen LogP contribution is -2.16. The number of hydrogen-bond donors (Lipinski definition) is 0. The van der Waals surface area contributed by atoms with E-state index in [4.69, 9.17) is 0 Å². The summed E-state index contributed by atoms with van der Waals surface area (Å²) in [6, 6.07) is 18.5. The third kappa shape index (κ3) is 4.29. The van der Waals surface area contributed by atoms with Crippen molar-refractivity contribution in [3.05, 3.63) is 59.7 Å². The summed E-state index contributed by atoms with van der Waals surface area (Å²) in [5, 5.41) is 0. The zero-order valence-corrected chi connectivity index (χ0v) is 17.8. The SMILES string of the molecule is CC1CCCCC1c1ccccc1Sc1ccccc1C1CCCCC1C. The van der Waals surface area contributed by atoms with E-state index in [1.807, 2.05) is 11.8 Å². The monoisotopic (exact) mass is 378 g/mol. The van der Waals surface area contributed by atoms with Crippen LogP contribution in [0.25, 0.3) is 0 Å². The quantitative estimate of drug-likeness (QED) is 0.514. The molecule has 4 atom stereocenters. The van der Waals surface area contributed by atoms with Crippen LogP contribution in [0.2, 0.25) is 0 Å². The van der Waals surface area contributed by atoms with Crippen LogP contribution in [0, 0.1) is 11.8 Å². The highest BCUT2D eigenvalue weighted by atomic mass is 32.2. The summed E-state index contributed by atoms with van der Waals surface area (Å²) in [4.78, 5) is 2.99. The molecule has 2 aliphatic carbocycles. The van der Waals surface area contributed by atoms with Crippen molar-refractivity contribution in [3.8, 4) is 0 Å². The summed E-state index contributed by atoms with van der Waals surface area (Å²) in [6.45, 7) is 4.92. The van der Waals surface area contributed by atoms with Gasteiger partial charge in [0.25, 0.3) is 0 Å². The Morgan fingerprint density at radius 2 is 1.00 bits per heavy atom. The molecule has 4 rings (SSSR count). The highest BCUT2D eigenvalue weighted by molar-refractivity contribution is 7.99. The van der Waals surface area contributed by atoms with Gasteiger partial charge in [-0.25, -0.2) is 0 Å². The van der Waals surface area contributed by atoms with E-state index in [0.717, 1.165) is 23.7 Å². The van der Waals surface area contributed by atoms with Gasteiger partial charge in [0.1, 0.15) is 0 Å². The second-order valence-electron chi connectivity index (χ2n) is 8.91. The minimum absolute atomic E-state index is 0.739. The van der Waals surface area contributed by atoms with Gasteiger partial charge in [0.05, 0.1) is 0 Å². The van der Waals surface area contributed by atoms with Crippen molar-refractivity contribution in [2.24, 2.45) is 11.8 Å². The maximum absolute atomic E-state index is 2.46. The van der Waals surface area contributed by atoms with E-state index < -0.39 is 0 Å². The molecule has 0 N–H and O–H groups in total. The van der Waals surface area contributed by atoms with Gasteiger partial charge in [-0.15, -0.1) is 0 Å². The van der Waals surface area contributed by atoms with Crippen LogP contribution in [0.15, 0.2) is 58.3 Å². The van der Waals surface area contributed by atoms with Crippen molar-refractivity contribution in [1.29, 1.82) is 0 Å². The third-order valence-corrected chi connectivity index (χ3v) is 8.26. The zero-order chi connectivity index (χ0) is 18.6. The Balaban J connectivity index is 1.64. The maximum Gasteiger partial charge on any atom is 0.0157 e. The molecule has 144 valence electrons. The summed E-state index contributed by atoms with van der Waals surface area (Å²) < 4.78 is 0. The van der Waals surface area contributed by atoms with Crippen molar-refractivity contribution in [2.75, 3.05) is 0 Å². The molecule has 0 amide bonds. The molecule has 0 saturated heterocycles. The van der Waals surface area contributed by atoms with Gasteiger partial charge >= 0.3 is 0 Å². The highest BCUT2D eigenvalue weighted by Gasteiger charge is 2.27. The minimum Gasteiger partial charge on any atom is -0.0895 e. The van der Waals surface area contributed by atoms with Crippen molar-refractivity contribution in [2.45, 2.75) is 86.8 Å². The Kier molecular flexibility index (Phi) is 6.28. The molecule has 0 spiro atoms. The fraction of sp³-hybridized carbons (Fsp3) is 0.538. The van der Waals surface area contributed by atoms with E-state index >= 15 is 0 Å². The van der Waals surface area contributed by atoms with E-state index in [-0.39, 0.29) is 0 Å². The third-order valence-electron chi connectivity index (χ3n) is 7.08. The normalized spacial score (nSPS) is 28.8. The molecule has 2 saturated carbocycles. The van der Waals surface area contributed by atoms with E-state index in [1.54, 1.807) is 11.1 Å². The molecule has 0 heterocycles. The van der Waals surface area contributed by atoms with E-state index in [2.05, 4.69) is 62.4 Å². The van der Waals surface area contributed by atoms with Crippen LogP contribution in [-0.2, 0) is 0 Å². The topological polar surface area (TPSA) is 0 Å². The van der Waals surface area contributed by atoms with E-state index in [9.17, 15) is 0 Å². The molecule has 0 bridgehead atoms. The average Bonchev–Trinajstić information content (AvgIpc) is 2.70. The predicted molar refractivity (Wildman–Crippen MR) is 118 cm³/mol. The van der Waals surface area contributed by atoms with Gasteiger partial charge in [0.2, 0.25) is 0 Å². The van der Waals surface area contributed by atoms with Gasteiger partial charge in [-0.1, -0.05) is 101 Å². The van der Waals surface area contributed by atoms with Gasteiger partial charge in [-0.2, -0.15) is 0 Å². The molecule has 0 nitrogen and oxygen atoms in total. The Morgan fingerprint density at radius 3 is 1.44 bits per heavy atom. The molecular formula is C26H34S. The van der Waals surface area contributed by atoms with Crippen LogP contribution in [0.4, 0.5) is 0 Å². The van der Waals surface area contributed by atoms with Crippen molar-refractivity contribution in [3.63, 3.8) is 0 Å². The smallest absolute Gasteiger partial charge is 0.0157 e. The summed E-state index contributed by atoms with van der Waals surface area (Å²) >= 11 is 2.03. The van der Waals surface area contributed by atoms with Gasteiger partial charge in [0, 0.05) is 9.79 Å². The van der Waals surface area contributed by atoms with E-state index in [1.165, 1.54) is 61.2 Å². The van der Waals surface area contributed by atoms with Crippen LogP contribution in [0.1, 0.15) is 88.2 Å². The van der Waals surface area contributed by atoms with Crippen LogP contribution >= 0.6 is 11.8 Å². The first-order valence-electron chi connectivity index (χ1n) is 11.1. The van der Waals surface area contributed by atoms with Crippen molar-refractivity contribution >= 4 is 11.8 Å². The fourth-order valence-electron chi connectivity index (χ4n) is 5.43. The molecule has 0 aliphatic heterocycles. The number of rotatable bonds is 4. The largest absolute Gasteiger partial charge is 0.0895 e. The minimum atomic E-state index is 0.739.